The van der Waals surface area contributed by atoms with Crippen LogP contribution >= 0.6 is 0 Å². The van der Waals surface area contributed by atoms with E-state index in [0.717, 1.165) is 5.56 Å². The molecule has 2 aromatic carbocycles. The Morgan fingerprint density at radius 2 is 1.80 bits per heavy atom. The maximum atomic E-state index is 11.5. The van der Waals surface area contributed by atoms with Crippen molar-refractivity contribution in [3.8, 4) is 6.07 Å². The van der Waals surface area contributed by atoms with Crippen LogP contribution in [0.4, 0.5) is 10.5 Å². The van der Waals surface area contributed by atoms with Crippen LogP contribution in [-0.4, -0.2) is 12.2 Å². The van der Waals surface area contributed by atoms with E-state index >= 15 is 0 Å². The molecular weight excluding hydrogens is 252 g/mol. The molecular formula is C15H12N4O. The summed E-state index contributed by atoms with van der Waals surface area (Å²) in [6.07, 6.45) is 1.51. The molecule has 0 fully saturated rings. The quantitative estimate of drug-likeness (QED) is 0.660. The van der Waals surface area contributed by atoms with E-state index in [1.54, 1.807) is 36.4 Å². The Morgan fingerprint density at radius 1 is 1.10 bits per heavy atom. The van der Waals surface area contributed by atoms with E-state index in [9.17, 15) is 4.79 Å². The summed E-state index contributed by atoms with van der Waals surface area (Å²) in [5.41, 5.74) is 4.43. The Balaban J connectivity index is 1.86. The Hall–Kier alpha value is -3.13. The van der Waals surface area contributed by atoms with Crippen molar-refractivity contribution < 1.29 is 4.79 Å². The molecule has 0 atom stereocenters. The van der Waals surface area contributed by atoms with Crippen molar-refractivity contribution in [3.63, 3.8) is 0 Å². The van der Waals surface area contributed by atoms with Gasteiger partial charge in [-0.15, -0.1) is 0 Å². The van der Waals surface area contributed by atoms with E-state index in [1.165, 1.54) is 6.21 Å². The van der Waals surface area contributed by atoms with Gasteiger partial charge in [-0.05, 0) is 29.8 Å². The van der Waals surface area contributed by atoms with E-state index in [2.05, 4.69) is 15.8 Å². The summed E-state index contributed by atoms with van der Waals surface area (Å²) < 4.78 is 0. The Morgan fingerprint density at radius 3 is 2.45 bits per heavy atom. The van der Waals surface area contributed by atoms with Crippen molar-refractivity contribution in [2.24, 2.45) is 5.10 Å². The highest BCUT2D eigenvalue weighted by molar-refractivity contribution is 5.90. The third kappa shape index (κ3) is 3.96. The minimum absolute atomic E-state index is 0.416. The topological polar surface area (TPSA) is 77.3 Å². The molecule has 2 N–H and O–H groups in total. The van der Waals surface area contributed by atoms with Crippen LogP contribution in [0.1, 0.15) is 11.1 Å². The van der Waals surface area contributed by atoms with Gasteiger partial charge in [-0.2, -0.15) is 10.4 Å². The molecule has 5 heteroatoms. The number of hydrogen-bond acceptors (Lipinski definition) is 3. The van der Waals surface area contributed by atoms with Crippen LogP contribution in [0, 0.1) is 11.3 Å². The van der Waals surface area contributed by atoms with Gasteiger partial charge < -0.3 is 5.32 Å². The van der Waals surface area contributed by atoms with Gasteiger partial charge in [-0.25, -0.2) is 10.2 Å². The third-order valence-corrected chi connectivity index (χ3v) is 2.45. The number of carbonyl (C=O) groups is 1. The molecule has 0 aromatic heterocycles. The van der Waals surface area contributed by atoms with E-state index < -0.39 is 6.03 Å². The highest BCUT2D eigenvalue weighted by atomic mass is 16.2. The first-order chi connectivity index (χ1) is 9.78. The molecule has 5 nitrogen and oxygen atoms in total. The second-order valence-electron chi connectivity index (χ2n) is 3.92. The Bertz CT molecular complexity index is 642. The molecule has 2 rings (SSSR count). The second kappa shape index (κ2) is 6.71. The molecule has 0 unspecified atom stereocenters. The van der Waals surface area contributed by atoms with Crippen molar-refractivity contribution in [3.05, 3.63) is 65.7 Å². The molecule has 0 aliphatic carbocycles. The number of hydrogen-bond donors (Lipinski definition) is 2. The van der Waals surface area contributed by atoms with Gasteiger partial charge >= 0.3 is 6.03 Å². The highest BCUT2D eigenvalue weighted by Crippen LogP contribution is 2.04. The molecule has 0 aliphatic rings. The van der Waals surface area contributed by atoms with Crippen LogP contribution in [0.5, 0.6) is 0 Å². The van der Waals surface area contributed by atoms with Gasteiger partial charge in [0.2, 0.25) is 0 Å². The first-order valence-electron chi connectivity index (χ1n) is 5.93. The molecule has 2 aromatic rings. The van der Waals surface area contributed by atoms with Crippen molar-refractivity contribution >= 4 is 17.9 Å². The van der Waals surface area contributed by atoms with Crippen LogP contribution in [0.2, 0.25) is 0 Å². The van der Waals surface area contributed by atoms with Crippen LogP contribution in [0.15, 0.2) is 59.7 Å². The number of carbonyl (C=O) groups excluding carboxylic acids is 1. The Labute approximate surface area is 116 Å². The standard InChI is InChI=1S/C15H12N4O/c16-10-12-6-8-13(9-7-12)11-17-19-15(20)18-14-4-2-1-3-5-14/h1-9,11H,(H2,18,19,20). The van der Waals surface area contributed by atoms with Gasteiger partial charge in [0.1, 0.15) is 0 Å². The monoisotopic (exact) mass is 264 g/mol. The normalized spacial score (nSPS) is 9.95. The third-order valence-electron chi connectivity index (χ3n) is 2.45. The van der Waals surface area contributed by atoms with Crippen LogP contribution < -0.4 is 10.7 Å². The van der Waals surface area contributed by atoms with Gasteiger partial charge in [-0.1, -0.05) is 30.3 Å². The van der Waals surface area contributed by atoms with Gasteiger partial charge in [0, 0.05) is 5.69 Å². The molecule has 0 spiro atoms. The van der Waals surface area contributed by atoms with Crippen LogP contribution in [0.25, 0.3) is 0 Å². The average molecular weight is 264 g/mol. The lowest BCUT2D eigenvalue weighted by Gasteiger charge is -2.03. The van der Waals surface area contributed by atoms with E-state index in [4.69, 9.17) is 5.26 Å². The van der Waals surface area contributed by atoms with Crippen LogP contribution in [0.3, 0.4) is 0 Å². The molecule has 2 amide bonds. The lowest BCUT2D eigenvalue weighted by molar-refractivity contribution is 0.252. The van der Waals surface area contributed by atoms with Crippen molar-refractivity contribution in [1.82, 2.24) is 5.43 Å². The van der Waals surface area contributed by atoms with E-state index in [0.29, 0.717) is 11.3 Å². The fraction of sp³-hybridized carbons (Fsp3) is 0. The summed E-state index contributed by atoms with van der Waals surface area (Å²) in [5, 5.41) is 15.1. The lowest BCUT2D eigenvalue weighted by Crippen LogP contribution is -2.24. The highest BCUT2D eigenvalue weighted by Gasteiger charge is 1.98. The molecule has 98 valence electrons. The van der Waals surface area contributed by atoms with Gasteiger partial charge in [0.25, 0.3) is 0 Å². The number of urea groups is 1. The number of rotatable bonds is 3. The number of nitriles is 1. The fourth-order valence-corrected chi connectivity index (χ4v) is 1.49. The first-order valence-corrected chi connectivity index (χ1v) is 5.93. The van der Waals surface area contributed by atoms with Crippen molar-refractivity contribution in [1.29, 1.82) is 5.26 Å². The lowest BCUT2D eigenvalue weighted by atomic mass is 10.2. The molecule has 0 saturated carbocycles. The van der Waals surface area contributed by atoms with Gasteiger partial charge in [0.05, 0.1) is 17.8 Å². The number of benzene rings is 2. The maximum absolute atomic E-state index is 11.5. The molecule has 0 radical (unpaired) electrons. The average Bonchev–Trinajstić information content (AvgIpc) is 2.49. The number of hydrazone groups is 1. The molecule has 0 saturated heterocycles. The van der Waals surface area contributed by atoms with E-state index in [-0.39, 0.29) is 0 Å². The zero-order chi connectivity index (χ0) is 14.2. The molecule has 0 bridgehead atoms. The summed E-state index contributed by atoms with van der Waals surface area (Å²) in [7, 11) is 0. The maximum Gasteiger partial charge on any atom is 0.339 e. The summed E-state index contributed by atoms with van der Waals surface area (Å²) >= 11 is 0. The number of amides is 2. The molecule has 0 heterocycles. The second-order valence-corrected chi connectivity index (χ2v) is 3.92. The Kier molecular flexibility index (Phi) is 4.46. The predicted molar refractivity (Wildman–Crippen MR) is 77.3 cm³/mol. The van der Waals surface area contributed by atoms with Gasteiger partial charge in [-0.3, -0.25) is 0 Å². The summed E-state index contributed by atoms with van der Waals surface area (Å²) in [6.45, 7) is 0. The molecule has 20 heavy (non-hydrogen) atoms. The smallest absolute Gasteiger partial charge is 0.307 e. The number of para-hydroxylation sites is 1. The molecule has 0 aliphatic heterocycles. The summed E-state index contributed by atoms with van der Waals surface area (Å²) in [6, 6.07) is 17.6. The number of nitrogens with zero attached hydrogens (tertiary/aromatic N) is 2. The van der Waals surface area contributed by atoms with Crippen molar-refractivity contribution in [2.75, 3.05) is 5.32 Å². The number of nitrogens with one attached hydrogen (secondary N) is 2. The summed E-state index contributed by atoms with van der Waals surface area (Å²) in [5.74, 6) is 0. The van der Waals surface area contributed by atoms with Gasteiger partial charge in [0.15, 0.2) is 0 Å². The predicted octanol–water partition coefficient (Wildman–Crippen LogP) is 2.71. The number of anilines is 1. The summed E-state index contributed by atoms with van der Waals surface area (Å²) in [4.78, 5) is 11.5. The first kappa shape index (κ1) is 13.3. The largest absolute Gasteiger partial charge is 0.339 e. The fourth-order valence-electron chi connectivity index (χ4n) is 1.49. The minimum atomic E-state index is -0.416. The van der Waals surface area contributed by atoms with E-state index in [1.807, 2.05) is 24.3 Å². The minimum Gasteiger partial charge on any atom is -0.307 e. The van der Waals surface area contributed by atoms with Crippen molar-refractivity contribution in [2.45, 2.75) is 0 Å². The van der Waals surface area contributed by atoms with Crippen LogP contribution in [-0.2, 0) is 0 Å². The zero-order valence-electron chi connectivity index (χ0n) is 10.6. The SMILES string of the molecule is N#Cc1ccc(C=NNC(=O)Nc2ccccc2)cc1. The zero-order valence-corrected chi connectivity index (χ0v) is 10.6.